The second-order valence-corrected chi connectivity index (χ2v) is 8.37. The molecule has 4 atom stereocenters. The van der Waals surface area contributed by atoms with Crippen molar-refractivity contribution in [2.24, 2.45) is 23.7 Å². The van der Waals surface area contributed by atoms with Crippen molar-refractivity contribution in [1.82, 2.24) is 0 Å². The summed E-state index contributed by atoms with van der Waals surface area (Å²) >= 11 is 0. The van der Waals surface area contributed by atoms with Gasteiger partial charge in [0.15, 0.2) is 5.78 Å². The fourth-order valence-electron chi connectivity index (χ4n) is 5.91. The van der Waals surface area contributed by atoms with Crippen LogP contribution in [0.4, 0.5) is 0 Å². The molecule has 4 nitrogen and oxygen atoms in total. The molecule has 0 aliphatic heterocycles. The molecule has 2 aromatic rings. The maximum atomic E-state index is 13.7. The first-order valence-electron chi connectivity index (χ1n) is 10.3. The van der Waals surface area contributed by atoms with Gasteiger partial charge in [0.2, 0.25) is 0 Å². The van der Waals surface area contributed by atoms with Crippen LogP contribution in [-0.2, 0) is 4.79 Å². The molecule has 0 radical (unpaired) electrons. The van der Waals surface area contributed by atoms with E-state index in [4.69, 9.17) is 14.2 Å². The van der Waals surface area contributed by atoms with E-state index in [1.54, 1.807) is 21.3 Å². The Labute approximate surface area is 171 Å². The number of carbonyl (C=O) groups is 1. The minimum absolute atomic E-state index is 0.123. The zero-order valence-corrected chi connectivity index (χ0v) is 17.1. The number of hydrogen-bond donors (Lipinski definition) is 0. The van der Waals surface area contributed by atoms with E-state index < -0.39 is 0 Å². The minimum Gasteiger partial charge on any atom is -0.497 e. The Kier molecular flexibility index (Phi) is 4.38. The van der Waals surface area contributed by atoms with Crippen molar-refractivity contribution in [2.75, 3.05) is 21.3 Å². The van der Waals surface area contributed by atoms with Crippen LogP contribution in [0.5, 0.6) is 17.2 Å². The van der Waals surface area contributed by atoms with Crippen LogP contribution >= 0.6 is 0 Å². The number of rotatable bonds is 5. The molecular weight excluding hydrogens is 364 g/mol. The summed E-state index contributed by atoms with van der Waals surface area (Å²) in [7, 11) is 4.99. The molecular formula is C25H26O4. The smallest absolute Gasteiger partial charge is 0.167 e. The summed E-state index contributed by atoms with van der Waals surface area (Å²) in [5.74, 6) is 4.15. The monoisotopic (exact) mass is 390 g/mol. The molecule has 2 aromatic carbocycles. The normalized spacial score (nSPS) is 27.3. The van der Waals surface area contributed by atoms with Gasteiger partial charge in [-0.2, -0.15) is 0 Å². The molecule has 0 spiro atoms. The highest BCUT2D eigenvalue weighted by atomic mass is 16.5. The van der Waals surface area contributed by atoms with E-state index in [0.29, 0.717) is 23.5 Å². The van der Waals surface area contributed by atoms with Crippen molar-refractivity contribution in [3.63, 3.8) is 0 Å². The van der Waals surface area contributed by atoms with Crippen molar-refractivity contribution in [1.29, 1.82) is 0 Å². The Morgan fingerprint density at radius 2 is 1.31 bits per heavy atom. The highest BCUT2D eigenvalue weighted by molar-refractivity contribution is 6.33. The van der Waals surface area contributed by atoms with Crippen molar-refractivity contribution in [2.45, 2.75) is 19.3 Å². The molecule has 0 aromatic heterocycles. The molecule has 0 heterocycles. The number of allylic oxidation sites excluding steroid dienone is 2. The van der Waals surface area contributed by atoms with E-state index in [1.807, 2.05) is 42.5 Å². The molecule has 0 N–H and O–H groups in total. The average molecular weight is 390 g/mol. The van der Waals surface area contributed by atoms with Gasteiger partial charge in [-0.15, -0.1) is 0 Å². The number of hydrogen-bond acceptors (Lipinski definition) is 4. The number of ether oxygens (including phenoxy) is 3. The summed E-state index contributed by atoms with van der Waals surface area (Å²) in [6, 6.07) is 13.8. The van der Waals surface area contributed by atoms with Crippen LogP contribution < -0.4 is 14.2 Å². The molecule has 0 saturated heterocycles. The number of ketones is 1. The molecule has 29 heavy (non-hydrogen) atoms. The van der Waals surface area contributed by atoms with Crippen molar-refractivity contribution in [3.05, 3.63) is 53.6 Å². The largest absolute Gasteiger partial charge is 0.497 e. The number of Topliss-reactive ketones (excluding diaryl/α,β-unsaturated/α-hetero) is 1. The quantitative estimate of drug-likeness (QED) is 0.731. The van der Waals surface area contributed by atoms with Gasteiger partial charge in [-0.25, -0.2) is 0 Å². The fraction of sp³-hybridized carbons (Fsp3) is 0.400. The number of methoxy groups -OCH3 is 3. The average Bonchev–Trinajstić information content (AvgIpc) is 3.46. The molecule has 5 rings (SSSR count). The van der Waals surface area contributed by atoms with Crippen LogP contribution in [-0.4, -0.2) is 27.1 Å². The van der Waals surface area contributed by atoms with Crippen LogP contribution in [0.1, 0.15) is 30.4 Å². The van der Waals surface area contributed by atoms with Crippen LogP contribution in [0.2, 0.25) is 0 Å². The number of carbonyl (C=O) groups excluding carboxylic acids is 1. The van der Waals surface area contributed by atoms with E-state index in [0.717, 1.165) is 33.9 Å². The first-order valence-corrected chi connectivity index (χ1v) is 10.3. The Morgan fingerprint density at radius 1 is 0.724 bits per heavy atom. The standard InChI is InChI=1S/C25H26O4/c1-27-18-8-6-14(7-9-18)23-22(17-11-19(28-2)13-20(12-17)29-3)21-15-4-5-16(10-15)24(21)25(23)26/h6-9,11-13,15-16,21,24H,4-5,10H2,1-3H3/t15-,16+,21-,24-/m1/s1. The van der Waals surface area contributed by atoms with E-state index >= 15 is 0 Å². The molecule has 2 fully saturated rings. The summed E-state index contributed by atoms with van der Waals surface area (Å²) in [4.78, 5) is 13.7. The minimum atomic E-state index is 0.123. The second-order valence-electron chi connectivity index (χ2n) is 8.37. The van der Waals surface area contributed by atoms with Gasteiger partial charge in [0.1, 0.15) is 17.2 Å². The van der Waals surface area contributed by atoms with Crippen LogP contribution in [0, 0.1) is 23.7 Å². The zero-order valence-electron chi connectivity index (χ0n) is 17.1. The number of fused-ring (bicyclic) bond motifs is 5. The van der Waals surface area contributed by atoms with E-state index in [1.165, 1.54) is 24.8 Å². The Bertz CT molecular complexity index is 966. The third-order valence-corrected chi connectivity index (χ3v) is 7.11. The van der Waals surface area contributed by atoms with Gasteiger partial charge in [0.05, 0.1) is 21.3 Å². The Morgan fingerprint density at radius 3 is 1.90 bits per heavy atom. The highest BCUT2D eigenvalue weighted by Gasteiger charge is 2.57. The molecule has 4 heteroatoms. The van der Waals surface area contributed by atoms with Crippen molar-refractivity contribution >= 4 is 16.9 Å². The molecule has 3 aliphatic rings. The molecule has 2 saturated carbocycles. The Hall–Kier alpha value is -2.75. The van der Waals surface area contributed by atoms with Crippen LogP contribution in [0.25, 0.3) is 11.1 Å². The lowest BCUT2D eigenvalue weighted by molar-refractivity contribution is -0.118. The van der Waals surface area contributed by atoms with E-state index in [-0.39, 0.29) is 5.92 Å². The lowest BCUT2D eigenvalue weighted by Gasteiger charge is -2.26. The summed E-state index contributed by atoms with van der Waals surface area (Å²) in [5, 5.41) is 0. The molecule has 150 valence electrons. The summed E-state index contributed by atoms with van der Waals surface area (Å²) in [6.07, 6.45) is 3.59. The maximum Gasteiger partial charge on any atom is 0.167 e. The lowest BCUT2D eigenvalue weighted by Crippen LogP contribution is -2.24. The zero-order chi connectivity index (χ0) is 20.1. The van der Waals surface area contributed by atoms with Gasteiger partial charge in [0, 0.05) is 17.6 Å². The second kappa shape index (κ2) is 6.94. The molecule has 0 amide bonds. The van der Waals surface area contributed by atoms with E-state index in [9.17, 15) is 4.79 Å². The van der Waals surface area contributed by atoms with Gasteiger partial charge < -0.3 is 14.2 Å². The van der Waals surface area contributed by atoms with Gasteiger partial charge in [-0.3, -0.25) is 4.79 Å². The predicted molar refractivity (Wildman–Crippen MR) is 112 cm³/mol. The van der Waals surface area contributed by atoms with Crippen molar-refractivity contribution in [3.8, 4) is 17.2 Å². The van der Waals surface area contributed by atoms with Gasteiger partial charge in [-0.05, 0) is 78.0 Å². The maximum absolute atomic E-state index is 13.7. The first-order chi connectivity index (χ1) is 14.1. The SMILES string of the molecule is COc1ccc(C2=C(c3cc(OC)cc(OC)c3)[C@H]3[C@@H]4CC[C@@H](C4)[C@H]3C2=O)cc1. The van der Waals surface area contributed by atoms with Crippen molar-refractivity contribution < 1.29 is 19.0 Å². The van der Waals surface area contributed by atoms with Crippen LogP contribution in [0.3, 0.4) is 0 Å². The van der Waals surface area contributed by atoms with Gasteiger partial charge in [0.25, 0.3) is 0 Å². The third-order valence-electron chi connectivity index (χ3n) is 7.11. The molecule has 0 unspecified atom stereocenters. The van der Waals surface area contributed by atoms with Gasteiger partial charge >= 0.3 is 0 Å². The molecule has 2 bridgehead atoms. The Balaban J connectivity index is 1.72. The first kappa shape index (κ1) is 18.3. The highest BCUT2D eigenvalue weighted by Crippen LogP contribution is 2.63. The van der Waals surface area contributed by atoms with Crippen LogP contribution in [0.15, 0.2) is 42.5 Å². The predicted octanol–water partition coefficient (Wildman–Crippen LogP) is 4.87. The third kappa shape index (κ3) is 2.77. The topological polar surface area (TPSA) is 44.8 Å². The van der Waals surface area contributed by atoms with E-state index in [2.05, 4.69) is 0 Å². The van der Waals surface area contributed by atoms with Gasteiger partial charge in [-0.1, -0.05) is 12.1 Å². The summed E-state index contributed by atoms with van der Waals surface area (Å²) in [6.45, 7) is 0. The number of benzene rings is 2. The lowest BCUT2D eigenvalue weighted by atomic mass is 9.77. The summed E-state index contributed by atoms with van der Waals surface area (Å²) in [5.41, 5.74) is 4.06. The molecule has 3 aliphatic carbocycles. The fourth-order valence-corrected chi connectivity index (χ4v) is 5.91. The summed E-state index contributed by atoms with van der Waals surface area (Å²) < 4.78 is 16.4.